The fourth-order valence-corrected chi connectivity index (χ4v) is 10.9. The highest BCUT2D eigenvalue weighted by atomic mass is 19.4. The van der Waals surface area contributed by atoms with Crippen molar-refractivity contribution in [2.45, 2.75) is 209 Å². The van der Waals surface area contributed by atoms with Crippen LogP contribution in [-0.2, 0) is 27.2 Å². The Morgan fingerprint density at radius 2 is 0.962 bits per heavy atom. The van der Waals surface area contributed by atoms with Crippen LogP contribution in [0, 0.1) is 12.7 Å². The number of hydrogen-bond donors (Lipinski definition) is 1. The number of piperidine rings is 2. The average Bonchev–Trinajstić information content (AvgIpc) is 3.38. The number of alkyl halides is 3. The molecule has 2 heterocycles. The van der Waals surface area contributed by atoms with Gasteiger partial charge in [0.15, 0.2) is 0 Å². The molecule has 0 amide bonds. The quantitative estimate of drug-likeness (QED) is 0.0749. The van der Waals surface area contributed by atoms with Crippen LogP contribution in [0.25, 0.3) is 0 Å². The summed E-state index contributed by atoms with van der Waals surface area (Å²) in [5, 5.41) is 0. The second kappa shape index (κ2) is 32.6. The number of anilines is 1. The van der Waals surface area contributed by atoms with Crippen LogP contribution < -0.4 is 10.6 Å². The third kappa shape index (κ3) is 24.0. The Hall–Kier alpha value is -4.54. The van der Waals surface area contributed by atoms with Crippen molar-refractivity contribution in [3.63, 3.8) is 0 Å². The van der Waals surface area contributed by atoms with Crippen molar-refractivity contribution in [3.05, 3.63) is 172 Å². The molecule has 4 aromatic carbocycles. The molecule has 0 bridgehead atoms. The summed E-state index contributed by atoms with van der Waals surface area (Å²) in [6, 6.07) is 32.8. The van der Waals surface area contributed by atoms with E-state index in [0.717, 1.165) is 83.5 Å². The van der Waals surface area contributed by atoms with Gasteiger partial charge in [-0.25, -0.2) is 4.39 Å². The SMILES string of the molecule is CC(C)=CC(CC(C)(C)c1ccc(C(F)(F)F)cc1)N1CCCCC1.CC(C)=CC(N)CC(C)(C)c1ccc(C)cc1.CCN(CC)c1ccccc1.CCOC1CCN(C(C=C(C)C)CC(C)(C)c2ccc(F)cc2)CC1. The summed E-state index contributed by atoms with van der Waals surface area (Å²) < 4.78 is 57.5. The van der Waals surface area contributed by atoms with Crippen LogP contribution in [-0.4, -0.2) is 79.9 Å². The molecule has 2 saturated heterocycles. The highest BCUT2D eigenvalue weighted by molar-refractivity contribution is 5.45. The third-order valence-corrected chi connectivity index (χ3v) is 15.3. The van der Waals surface area contributed by atoms with Crippen molar-refractivity contribution in [1.29, 1.82) is 0 Å². The summed E-state index contributed by atoms with van der Waals surface area (Å²) in [6.07, 6.45) is 11.9. The molecule has 2 aliphatic heterocycles. The molecule has 0 saturated carbocycles. The van der Waals surface area contributed by atoms with Crippen molar-refractivity contribution >= 4 is 5.69 Å². The van der Waals surface area contributed by atoms with Crippen molar-refractivity contribution < 1.29 is 22.3 Å². The highest BCUT2D eigenvalue weighted by Gasteiger charge is 2.33. The summed E-state index contributed by atoms with van der Waals surface area (Å²) in [5.74, 6) is -0.168. The van der Waals surface area contributed by atoms with E-state index in [1.165, 1.54) is 70.5 Å². The monoisotopic (exact) mass is 1080 g/mol. The minimum atomic E-state index is -4.28. The predicted octanol–water partition coefficient (Wildman–Crippen LogP) is 18.0. The van der Waals surface area contributed by atoms with Crippen LogP contribution in [0.4, 0.5) is 23.2 Å². The van der Waals surface area contributed by atoms with Crippen LogP contribution in [0.3, 0.4) is 0 Å². The topological polar surface area (TPSA) is 45.0 Å². The molecule has 6 rings (SSSR count). The molecular weight excluding hydrogens is 977 g/mol. The summed E-state index contributed by atoms with van der Waals surface area (Å²) in [7, 11) is 0. The lowest BCUT2D eigenvalue weighted by Crippen LogP contribution is -2.45. The number of nitrogens with two attached hydrogens (primary N) is 1. The summed E-state index contributed by atoms with van der Waals surface area (Å²) in [4.78, 5) is 7.45. The first-order valence-corrected chi connectivity index (χ1v) is 29.2. The molecule has 9 heteroatoms. The molecule has 2 fully saturated rings. The maximum Gasteiger partial charge on any atom is 0.416 e. The van der Waals surface area contributed by atoms with Crippen LogP contribution in [0.1, 0.15) is 183 Å². The van der Waals surface area contributed by atoms with Crippen molar-refractivity contribution in [3.8, 4) is 0 Å². The lowest BCUT2D eigenvalue weighted by atomic mass is 9.78. The zero-order valence-electron chi connectivity index (χ0n) is 51.3. The Morgan fingerprint density at radius 1 is 0.564 bits per heavy atom. The second-order valence-electron chi connectivity index (χ2n) is 24.5. The van der Waals surface area contributed by atoms with Gasteiger partial charge < -0.3 is 15.4 Å². The smallest absolute Gasteiger partial charge is 0.378 e. The van der Waals surface area contributed by atoms with E-state index in [-0.39, 0.29) is 28.1 Å². The van der Waals surface area contributed by atoms with E-state index in [4.69, 9.17) is 10.5 Å². The van der Waals surface area contributed by atoms with Gasteiger partial charge in [-0.2, -0.15) is 13.2 Å². The van der Waals surface area contributed by atoms with E-state index in [0.29, 0.717) is 18.2 Å². The standard InChI is InChI=1S/C22H34FNO.C21H30F3N.C16H25N.C10H15N/c1-6-25-21-11-13-24(14-12-21)20(15-17(2)3)16-22(4,5)18-7-9-19(23)10-8-18;1-16(2)14-19(25-12-6-5-7-13-25)15-20(3,4)17-8-10-18(11-9-17)21(22,23)24;1-12(2)10-15(17)11-16(4,5)14-8-6-13(3)7-9-14;1-3-11(4-2)10-8-6-5-7-9-10/h7-10,15,20-21H,6,11-14,16H2,1-5H3;8-11,14,19H,5-7,12-13,15H2,1-4H3;6-10,15H,11,17H2,1-5H3;5-9H,3-4H2,1-2H3. The molecule has 4 aromatic rings. The molecule has 5 nitrogen and oxygen atoms in total. The number of hydrogen-bond acceptors (Lipinski definition) is 5. The van der Waals surface area contributed by atoms with Gasteiger partial charge in [0, 0.05) is 56.6 Å². The van der Waals surface area contributed by atoms with Gasteiger partial charge in [-0.05, 0) is 197 Å². The summed E-state index contributed by atoms with van der Waals surface area (Å²) in [6.45, 7) is 42.0. The molecular formula is C69H104F4N4O. The van der Waals surface area contributed by atoms with E-state index < -0.39 is 11.7 Å². The fourth-order valence-electron chi connectivity index (χ4n) is 10.9. The second-order valence-corrected chi connectivity index (χ2v) is 24.5. The van der Waals surface area contributed by atoms with Crippen molar-refractivity contribution in [2.75, 3.05) is 50.8 Å². The number of halogens is 4. The molecule has 78 heavy (non-hydrogen) atoms. The van der Waals surface area contributed by atoms with E-state index in [9.17, 15) is 17.6 Å². The minimum Gasteiger partial charge on any atom is -0.378 e. The first-order chi connectivity index (χ1) is 36.6. The third-order valence-electron chi connectivity index (χ3n) is 15.3. The number of aryl methyl sites for hydroxylation is 1. The summed E-state index contributed by atoms with van der Waals surface area (Å²) >= 11 is 0. The van der Waals surface area contributed by atoms with E-state index >= 15 is 0 Å². The van der Waals surface area contributed by atoms with Gasteiger partial charge in [0.2, 0.25) is 0 Å². The van der Waals surface area contributed by atoms with Crippen molar-refractivity contribution in [1.82, 2.24) is 9.80 Å². The highest BCUT2D eigenvalue weighted by Crippen LogP contribution is 2.36. The van der Waals surface area contributed by atoms with Gasteiger partial charge in [-0.15, -0.1) is 0 Å². The lowest BCUT2D eigenvalue weighted by Gasteiger charge is -2.40. The molecule has 3 atom stereocenters. The van der Waals surface area contributed by atoms with E-state index in [1.54, 1.807) is 24.3 Å². The zero-order chi connectivity index (χ0) is 58.3. The lowest BCUT2D eigenvalue weighted by molar-refractivity contribution is -0.137. The molecule has 0 spiro atoms. The van der Waals surface area contributed by atoms with Crippen LogP contribution in [0.15, 0.2) is 138 Å². The fraction of sp³-hybridized carbons (Fsp3) is 0.565. The Kier molecular flexibility index (Phi) is 28.4. The minimum absolute atomic E-state index is 0.00108. The average molecular weight is 1080 g/mol. The number of rotatable bonds is 19. The van der Waals surface area contributed by atoms with Gasteiger partial charge in [-0.1, -0.05) is 155 Å². The largest absolute Gasteiger partial charge is 0.416 e. The molecule has 0 aliphatic carbocycles. The van der Waals surface area contributed by atoms with Gasteiger partial charge in [0.1, 0.15) is 5.82 Å². The van der Waals surface area contributed by atoms with Crippen LogP contribution >= 0.6 is 0 Å². The van der Waals surface area contributed by atoms with Crippen LogP contribution in [0.5, 0.6) is 0 Å². The number of likely N-dealkylation sites (tertiary alicyclic amines) is 2. The van der Waals surface area contributed by atoms with Crippen LogP contribution in [0.2, 0.25) is 0 Å². The number of ether oxygens (including phenoxy) is 1. The Morgan fingerprint density at radius 3 is 1.37 bits per heavy atom. The van der Waals surface area contributed by atoms with Gasteiger partial charge >= 0.3 is 6.18 Å². The zero-order valence-corrected chi connectivity index (χ0v) is 51.3. The normalized spacial score (nSPS) is 15.9. The van der Waals surface area contributed by atoms with Gasteiger partial charge in [-0.3, -0.25) is 9.80 Å². The molecule has 0 aromatic heterocycles. The number of allylic oxidation sites excluding steroid dienone is 3. The Bertz CT molecular complexity index is 2360. The predicted molar refractivity (Wildman–Crippen MR) is 327 cm³/mol. The first kappa shape index (κ1) is 67.7. The Balaban J connectivity index is 0.000000285. The molecule has 2 N–H and O–H groups in total. The molecule has 2 aliphatic rings. The maximum absolute atomic E-state index is 13.3. The molecule has 434 valence electrons. The number of nitrogens with zero attached hydrogens (tertiary/aromatic N) is 3. The first-order valence-electron chi connectivity index (χ1n) is 29.2. The number of benzene rings is 4. The Labute approximate surface area is 472 Å². The number of para-hydroxylation sites is 1. The van der Waals surface area contributed by atoms with Crippen molar-refractivity contribution in [2.24, 2.45) is 5.73 Å². The molecule has 3 unspecified atom stereocenters. The van der Waals surface area contributed by atoms with Gasteiger partial charge in [0.05, 0.1) is 11.7 Å². The molecule has 0 radical (unpaired) electrons. The van der Waals surface area contributed by atoms with Gasteiger partial charge in [0.25, 0.3) is 0 Å². The van der Waals surface area contributed by atoms with E-state index in [1.807, 2.05) is 18.2 Å². The maximum atomic E-state index is 13.3. The summed E-state index contributed by atoms with van der Waals surface area (Å²) in [5.41, 5.74) is 15.6. The van der Waals surface area contributed by atoms with E-state index in [2.05, 4.69) is 192 Å².